The van der Waals surface area contributed by atoms with E-state index in [1.165, 1.54) is 0 Å². The van der Waals surface area contributed by atoms with Gasteiger partial charge in [-0.3, -0.25) is 0 Å². The minimum absolute atomic E-state index is 0.207. The third-order valence-corrected chi connectivity index (χ3v) is 4.04. The van der Waals surface area contributed by atoms with Crippen LogP contribution in [-0.2, 0) is 6.18 Å². The Morgan fingerprint density at radius 3 is 2.35 bits per heavy atom. The van der Waals surface area contributed by atoms with Crippen molar-refractivity contribution in [1.82, 2.24) is 9.97 Å². The van der Waals surface area contributed by atoms with E-state index in [1.807, 2.05) is 0 Å². The van der Waals surface area contributed by atoms with E-state index in [0.29, 0.717) is 5.92 Å². The first kappa shape index (κ1) is 15.4. The molecule has 0 unspecified atom stereocenters. The molecule has 0 atom stereocenters. The smallest absolute Gasteiger partial charge is 0.357 e. The highest BCUT2D eigenvalue weighted by Gasteiger charge is 2.34. The lowest BCUT2D eigenvalue weighted by molar-refractivity contribution is -0.141. The molecule has 0 aromatic carbocycles. The zero-order chi connectivity index (χ0) is 14.9. The molecular formula is C13H17ClF3N3. The van der Waals surface area contributed by atoms with Crippen LogP contribution < -0.4 is 4.90 Å². The summed E-state index contributed by atoms with van der Waals surface area (Å²) < 4.78 is 38.2. The van der Waals surface area contributed by atoms with Gasteiger partial charge in [0.25, 0.3) is 0 Å². The van der Waals surface area contributed by atoms with Gasteiger partial charge in [0, 0.05) is 19.2 Å². The van der Waals surface area contributed by atoms with Crippen LogP contribution in [0.5, 0.6) is 0 Å². The lowest BCUT2D eigenvalue weighted by Crippen LogP contribution is -2.35. The van der Waals surface area contributed by atoms with Crippen LogP contribution in [0.1, 0.15) is 38.3 Å². The first-order valence-corrected chi connectivity index (χ1v) is 7.00. The van der Waals surface area contributed by atoms with Crippen LogP contribution in [0.4, 0.5) is 19.0 Å². The van der Waals surface area contributed by atoms with Crippen molar-refractivity contribution in [3.8, 4) is 0 Å². The van der Waals surface area contributed by atoms with Crippen molar-refractivity contribution >= 4 is 17.4 Å². The van der Waals surface area contributed by atoms with Crippen molar-refractivity contribution in [3.63, 3.8) is 0 Å². The van der Waals surface area contributed by atoms with Gasteiger partial charge in [0.2, 0.25) is 5.28 Å². The van der Waals surface area contributed by atoms with E-state index in [2.05, 4.69) is 16.9 Å². The van der Waals surface area contributed by atoms with E-state index in [1.54, 1.807) is 11.9 Å². The van der Waals surface area contributed by atoms with Gasteiger partial charge in [-0.15, -0.1) is 0 Å². The summed E-state index contributed by atoms with van der Waals surface area (Å²) in [5.41, 5.74) is -0.997. The molecule has 20 heavy (non-hydrogen) atoms. The summed E-state index contributed by atoms with van der Waals surface area (Å²) in [6.07, 6.45) is -0.426. The molecule has 1 saturated carbocycles. The van der Waals surface area contributed by atoms with Gasteiger partial charge in [0.05, 0.1) is 0 Å². The topological polar surface area (TPSA) is 29.0 Å². The Hall–Kier alpha value is -1.04. The van der Waals surface area contributed by atoms with E-state index in [9.17, 15) is 13.2 Å². The standard InChI is InChI=1S/C13H17ClF3N3/c1-8-3-5-9(6-4-8)20(2)11-7-10(13(15,16)17)18-12(14)19-11/h7-9H,3-6H2,1-2H3. The maximum Gasteiger partial charge on any atom is 0.433 e. The van der Waals surface area contributed by atoms with Crippen molar-refractivity contribution in [1.29, 1.82) is 0 Å². The summed E-state index contributed by atoms with van der Waals surface area (Å²) in [4.78, 5) is 8.96. The fourth-order valence-electron chi connectivity index (χ4n) is 2.55. The summed E-state index contributed by atoms with van der Waals surface area (Å²) in [7, 11) is 1.76. The molecule has 2 rings (SSSR count). The summed E-state index contributed by atoms with van der Waals surface area (Å²) >= 11 is 5.61. The summed E-state index contributed by atoms with van der Waals surface area (Å²) in [6, 6.07) is 1.17. The van der Waals surface area contributed by atoms with E-state index in [-0.39, 0.29) is 17.1 Å². The van der Waals surface area contributed by atoms with Gasteiger partial charge in [0.15, 0.2) is 5.69 Å². The van der Waals surface area contributed by atoms with Crippen LogP contribution in [0.3, 0.4) is 0 Å². The Balaban J connectivity index is 2.21. The second kappa shape index (κ2) is 5.76. The van der Waals surface area contributed by atoms with E-state index in [4.69, 9.17) is 11.6 Å². The van der Waals surface area contributed by atoms with Crippen molar-refractivity contribution in [2.75, 3.05) is 11.9 Å². The quantitative estimate of drug-likeness (QED) is 0.768. The van der Waals surface area contributed by atoms with Crippen LogP contribution >= 0.6 is 11.6 Å². The molecule has 112 valence electrons. The molecule has 0 amide bonds. The maximum absolute atomic E-state index is 12.7. The van der Waals surface area contributed by atoms with Gasteiger partial charge in [-0.2, -0.15) is 13.2 Å². The molecule has 7 heteroatoms. The van der Waals surface area contributed by atoms with E-state index in [0.717, 1.165) is 31.7 Å². The average Bonchev–Trinajstić information content (AvgIpc) is 2.37. The molecule has 1 aliphatic rings. The molecular weight excluding hydrogens is 291 g/mol. The number of halogens is 4. The molecule has 3 nitrogen and oxygen atoms in total. The molecule has 1 heterocycles. The Kier molecular flexibility index (Phi) is 4.42. The maximum atomic E-state index is 12.7. The monoisotopic (exact) mass is 307 g/mol. The van der Waals surface area contributed by atoms with Gasteiger partial charge in [-0.05, 0) is 43.2 Å². The van der Waals surface area contributed by atoms with Gasteiger partial charge in [-0.1, -0.05) is 6.92 Å². The fourth-order valence-corrected chi connectivity index (χ4v) is 2.73. The first-order chi connectivity index (χ1) is 9.27. The molecule has 0 bridgehead atoms. The normalized spacial score (nSPS) is 23.7. The summed E-state index contributed by atoms with van der Waals surface area (Å²) in [5.74, 6) is 0.913. The highest BCUT2D eigenvalue weighted by atomic mass is 35.5. The molecule has 0 N–H and O–H groups in total. The number of nitrogens with zero attached hydrogens (tertiary/aromatic N) is 3. The highest BCUT2D eigenvalue weighted by Crippen LogP contribution is 2.33. The predicted octanol–water partition coefficient (Wildman–Crippen LogP) is 4.16. The predicted molar refractivity (Wildman–Crippen MR) is 71.9 cm³/mol. The molecule has 1 aromatic heterocycles. The minimum Gasteiger partial charge on any atom is -0.357 e. The largest absolute Gasteiger partial charge is 0.433 e. The third-order valence-electron chi connectivity index (χ3n) is 3.87. The minimum atomic E-state index is -4.51. The Morgan fingerprint density at radius 2 is 1.80 bits per heavy atom. The van der Waals surface area contributed by atoms with Gasteiger partial charge in [-0.25, -0.2) is 9.97 Å². The number of rotatable bonds is 2. The van der Waals surface area contributed by atoms with E-state index >= 15 is 0 Å². The fraction of sp³-hybridized carbons (Fsp3) is 0.692. The van der Waals surface area contributed by atoms with Crippen LogP contribution in [0.15, 0.2) is 6.07 Å². The van der Waals surface area contributed by atoms with Crippen LogP contribution in [0, 0.1) is 5.92 Å². The third kappa shape index (κ3) is 3.53. The second-order valence-corrected chi connectivity index (χ2v) is 5.74. The van der Waals surface area contributed by atoms with Crippen LogP contribution in [0.2, 0.25) is 5.28 Å². The number of hydrogen-bond acceptors (Lipinski definition) is 3. The van der Waals surface area contributed by atoms with Crippen molar-refractivity contribution in [2.45, 2.75) is 44.8 Å². The Labute approximate surface area is 121 Å². The number of anilines is 1. The zero-order valence-corrected chi connectivity index (χ0v) is 12.2. The summed E-state index contributed by atoms with van der Waals surface area (Å²) in [5, 5.41) is -0.370. The lowest BCUT2D eigenvalue weighted by atomic mass is 9.87. The van der Waals surface area contributed by atoms with Crippen LogP contribution in [0.25, 0.3) is 0 Å². The van der Waals surface area contributed by atoms with Crippen molar-refractivity contribution in [2.24, 2.45) is 5.92 Å². The molecule has 1 aromatic rings. The second-order valence-electron chi connectivity index (χ2n) is 5.40. The molecule has 0 spiro atoms. The highest BCUT2D eigenvalue weighted by molar-refractivity contribution is 6.28. The molecule has 1 aliphatic carbocycles. The molecule has 1 fully saturated rings. The lowest BCUT2D eigenvalue weighted by Gasteiger charge is -2.34. The number of alkyl halides is 3. The van der Waals surface area contributed by atoms with Gasteiger partial charge >= 0.3 is 6.18 Å². The van der Waals surface area contributed by atoms with E-state index < -0.39 is 11.9 Å². The Bertz CT molecular complexity index is 470. The number of aromatic nitrogens is 2. The van der Waals surface area contributed by atoms with Gasteiger partial charge in [0.1, 0.15) is 5.82 Å². The zero-order valence-electron chi connectivity index (χ0n) is 11.4. The average molecular weight is 308 g/mol. The van der Waals surface area contributed by atoms with Crippen molar-refractivity contribution in [3.05, 3.63) is 17.0 Å². The molecule has 0 saturated heterocycles. The van der Waals surface area contributed by atoms with Crippen molar-refractivity contribution < 1.29 is 13.2 Å². The Morgan fingerprint density at radius 1 is 1.20 bits per heavy atom. The molecule has 0 radical (unpaired) electrons. The summed E-state index contributed by atoms with van der Waals surface area (Å²) in [6.45, 7) is 2.19. The first-order valence-electron chi connectivity index (χ1n) is 6.62. The molecule has 0 aliphatic heterocycles. The number of hydrogen-bond donors (Lipinski definition) is 0. The van der Waals surface area contributed by atoms with Gasteiger partial charge < -0.3 is 4.90 Å². The SMILES string of the molecule is CC1CCC(N(C)c2cc(C(F)(F)F)nc(Cl)n2)CC1. The van der Waals surface area contributed by atoms with Crippen LogP contribution in [-0.4, -0.2) is 23.1 Å².